The summed E-state index contributed by atoms with van der Waals surface area (Å²) in [6, 6.07) is 7.79. The van der Waals surface area contributed by atoms with Gasteiger partial charge in [-0.05, 0) is 17.0 Å². The third-order valence-electron chi connectivity index (χ3n) is 3.69. The van der Waals surface area contributed by atoms with Gasteiger partial charge in [-0.25, -0.2) is 4.79 Å². The molecule has 0 saturated carbocycles. The average molecular weight is 289 g/mol. The molecule has 1 aliphatic heterocycles. The van der Waals surface area contributed by atoms with Gasteiger partial charge in [0.25, 0.3) is 0 Å². The van der Waals surface area contributed by atoms with Crippen LogP contribution in [0.1, 0.15) is 28.1 Å². The molecule has 0 radical (unpaired) electrons. The molecule has 1 aliphatic rings. The number of Topliss-reactive ketones (excluding diaryl/α,β-unsaturated/α-hetero) is 1. The number of benzene rings is 1. The molecule has 1 saturated heterocycles. The van der Waals surface area contributed by atoms with Crippen LogP contribution in [0.25, 0.3) is 10.1 Å². The highest BCUT2D eigenvalue weighted by molar-refractivity contribution is 7.21. The Morgan fingerprint density at radius 2 is 1.95 bits per heavy atom. The van der Waals surface area contributed by atoms with Crippen LogP contribution in [0.4, 0.5) is 0 Å². The summed E-state index contributed by atoms with van der Waals surface area (Å²) in [5.74, 6) is -0.566. The molecule has 20 heavy (non-hydrogen) atoms. The lowest BCUT2D eigenvalue weighted by Gasteiger charge is -2.25. The lowest BCUT2D eigenvalue weighted by Crippen LogP contribution is -2.33. The molecule has 1 fully saturated rings. The average Bonchev–Trinajstić information content (AvgIpc) is 2.81. The lowest BCUT2D eigenvalue weighted by atomic mass is 10.1. The van der Waals surface area contributed by atoms with Crippen molar-refractivity contribution in [1.82, 2.24) is 4.90 Å². The third kappa shape index (κ3) is 2.46. The number of hydrogen-bond donors (Lipinski definition) is 1. The van der Waals surface area contributed by atoms with E-state index in [2.05, 4.69) is 4.90 Å². The summed E-state index contributed by atoms with van der Waals surface area (Å²) in [7, 11) is 0. The zero-order chi connectivity index (χ0) is 14.1. The van der Waals surface area contributed by atoms with Crippen molar-refractivity contribution >= 4 is 33.2 Å². The van der Waals surface area contributed by atoms with Crippen molar-refractivity contribution in [2.24, 2.45) is 0 Å². The van der Waals surface area contributed by atoms with E-state index in [9.17, 15) is 14.7 Å². The van der Waals surface area contributed by atoms with Crippen molar-refractivity contribution in [3.05, 3.63) is 34.7 Å². The molecule has 2 heterocycles. The lowest BCUT2D eigenvalue weighted by molar-refractivity contribution is -0.121. The Labute approximate surface area is 120 Å². The molecule has 1 aromatic heterocycles. The number of aromatic carboxylic acids is 1. The first-order chi connectivity index (χ1) is 9.65. The molecule has 0 spiro atoms. The number of piperidine rings is 1. The van der Waals surface area contributed by atoms with Crippen molar-refractivity contribution in [2.45, 2.75) is 19.4 Å². The van der Waals surface area contributed by atoms with Crippen LogP contribution >= 0.6 is 11.3 Å². The summed E-state index contributed by atoms with van der Waals surface area (Å²) < 4.78 is 1.01. The molecular weight excluding hydrogens is 274 g/mol. The molecule has 4 nitrogen and oxygen atoms in total. The predicted molar refractivity (Wildman–Crippen MR) is 78.3 cm³/mol. The van der Waals surface area contributed by atoms with E-state index in [1.165, 1.54) is 11.3 Å². The molecule has 104 valence electrons. The highest BCUT2D eigenvalue weighted by Crippen LogP contribution is 2.32. The Balaban J connectivity index is 1.94. The summed E-state index contributed by atoms with van der Waals surface area (Å²) >= 11 is 1.33. The number of carboxylic acids is 1. The van der Waals surface area contributed by atoms with Gasteiger partial charge in [-0.3, -0.25) is 9.69 Å². The van der Waals surface area contributed by atoms with Crippen LogP contribution in [0.5, 0.6) is 0 Å². The fourth-order valence-electron chi connectivity index (χ4n) is 2.61. The van der Waals surface area contributed by atoms with Gasteiger partial charge in [-0.1, -0.05) is 18.2 Å². The molecule has 0 aliphatic carbocycles. The summed E-state index contributed by atoms with van der Waals surface area (Å²) in [6.45, 7) is 2.06. The van der Waals surface area contributed by atoms with Gasteiger partial charge in [0.15, 0.2) is 0 Å². The summed E-state index contributed by atoms with van der Waals surface area (Å²) in [5, 5.41) is 10.4. The number of thiophene rings is 1. The van der Waals surface area contributed by atoms with Crippen molar-refractivity contribution in [3.63, 3.8) is 0 Å². The zero-order valence-corrected chi connectivity index (χ0v) is 11.8. The minimum Gasteiger partial charge on any atom is -0.477 e. The van der Waals surface area contributed by atoms with Gasteiger partial charge in [0.2, 0.25) is 0 Å². The Morgan fingerprint density at radius 1 is 1.25 bits per heavy atom. The van der Waals surface area contributed by atoms with Crippen LogP contribution in [-0.4, -0.2) is 34.8 Å². The van der Waals surface area contributed by atoms with E-state index < -0.39 is 5.97 Å². The Hall–Kier alpha value is -1.72. The molecule has 2 aromatic rings. The van der Waals surface area contributed by atoms with E-state index in [-0.39, 0.29) is 0 Å². The fraction of sp³-hybridized carbons (Fsp3) is 0.333. The second kappa shape index (κ2) is 5.34. The van der Waals surface area contributed by atoms with Gasteiger partial charge in [-0.15, -0.1) is 11.3 Å². The number of carbonyl (C=O) groups excluding carboxylic acids is 1. The number of rotatable bonds is 3. The number of ketones is 1. The highest BCUT2D eigenvalue weighted by atomic mass is 32.1. The van der Waals surface area contributed by atoms with Crippen molar-refractivity contribution < 1.29 is 14.7 Å². The van der Waals surface area contributed by atoms with E-state index in [0.29, 0.717) is 30.0 Å². The summed E-state index contributed by atoms with van der Waals surface area (Å²) in [5.41, 5.74) is 0.882. The summed E-state index contributed by atoms with van der Waals surface area (Å²) in [6.07, 6.45) is 1.15. The standard InChI is InChI=1S/C15H15NO3S/c17-10-5-7-16(8-6-10)9-12-11-3-1-2-4-13(11)20-14(12)15(18)19/h1-4H,5-9H2,(H,18,19). The Kier molecular flexibility index (Phi) is 3.54. The van der Waals surface area contributed by atoms with Gasteiger partial charge in [0.05, 0.1) is 0 Å². The van der Waals surface area contributed by atoms with E-state index in [0.717, 1.165) is 28.7 Å². The second-order valence-electron chi connectivity index (χ2n) is 5.03. The van der Waals surface area contributed by atoms with Crippen LogP contribution in [-0.2, 0) is 11.3 Å². The SMILES string of the molecule is O=C1CCN(Cc2c(C(=O)O)sc3ccccc23)CC1. The molecule has 0 amide bonds. The monoisotopic (exact) mass is 289 g/mol. The first-order valence-corrected chi connectivity index (χ1v) is 7.44. The van der Waals surface area contributed by atoms with Crippen LogP contribution < -0.4 is 0 Å². The molecule has 0 atom stereocenters. The van der Waals surface area contributed by atoms with Crippen molar-refractivity contribution in [3.8, 4) is 0 Å². The largest absolute Gasteiger partial charge is 0.477 e. The van der Waals surface area contributed by atoms with Crippen LogP contribution in [0.2, 0.25) is 0 Å². The van der Waals surface area contributed by atoms with E-state index in [1.807, 2.05) is 24.3 Å². The van der Waals surface area contributed by atoms with Crippen LogP contribution in [0.3, 0.4) is 0 Å². The number of carbonyl (C=O) groups is 2. The Bertz CT molecular complexity index is 667. The van der Waals surface area contributed by atoms with Gasteiger partial charge >= 0.3 is 5.97 Å². The van der Waals surface area contributed by atoms with Crippen molar-refractivity contribution in [2.75, 3.05) is 13.1 Å². The number of nitrogens with zero attached hydrogens (tertiary/aromatic N) is 1. The third-order valence-corrected chi connectivity index (χ3v) is 4.89. The van der Waals surface area contributed by atoms with E-state index in [1.54, 1.807) is 0 Å². The molecule has 5 heteroatoms. The topological polar surface area (TPSA) is 57.6 Å². The van der Waals surface area contributed by atoms with Crippen LogP contribution in [0.15, 0.2) is 24.3 Å². The quantitative estimate of drug-likeness (QED) is 0.944. The smallest absolute Gasteiger partial charge is 0.346 e. The molecule has 0 unspecified atom stereocenters. The minimum atomic E-state index is -0.866. The molecule has 1 N–H and O–H groups in total. The minimum absolute atomic E-state index is 0.301. The predicted octanol–water partition coefficient (Wildman–Crippen LogP) is 2.76. The van der Waals surface area contributed by atoms with Crippen LogP contribution in [0, 0.1) is 0 Å². The van der Waals surface area contributed by atoms with Gasteiger partial charge in [-0.2, -0.15) is 0 Å². The first kappa shape index (κ1) is 13.3. The second-order valence-corrected chi connectivity index (χ2v) is 6.08. The Morgan fingerprint density at radius 3 is 2.65 bits per heavy atom. The van der Waals surface area contributed by atoms with E-state index >= 15 is 0 Å². The number of fused-ring (bicyclic) bond motifs is 1. The molecule has 3 rings (SSSR count). The van der Waals surface area contributed by atoms with Gasteiger partial charge in [0, 0.05) is 37.2 Å². The number of carboxylic acid groups (broad SMARTS) is 1. The van der Waals surface area contributed by atoms with Crippen molar-refractivity contribution in [1.29, 1.82) is 0 Å². The molecule has 1 aromatic carbocycles. The summed E-state index contributed by atoms with van der Waals surface area (Å²) in [4.78, 5) is 25.3. The molecule has 0 bridgehead atoms. The molecular formula is C15H15NO3S. The fourth-order valence-corrected chi connectivity index (χ4v) is 3.67. The maximum atomic E-state index is 11.4. The van der Waals surface area contributed by atoms with Gasteiger partial charge in [0.1, 0.15) is 10.7 Å². The highest BCUT2D eigenvalue weighted by Gasteiger charge is 2.22. The number of likely N-dealkylation sites (tertiary alicyclic amines) is 1. The van der Waals surface area contributed by atoms with E-state index in [4.69, 9.17) is 0 Å². The van der Waals surface area contributed by atoms with Gasteiger partial charge < -0.3 is 5.11 Å². The maximum absolute atomic E-state index is 11.4. The number of hydrogen-bond acceptors (Lipinski definition) is 4. The normalized spacial score (nSPS) is 16.7. The first-order valence-electron chi connectivity index (χ1n) is 6.63. The maximum Gasteiger partial charge on any atom is 0.346 e. The zero-order valence-electron chi connectivity index (χ0n) is 11.0.